The first-order chi connectivity index (χ1) is 17.2. The molecule has 2 N–H and O–H groups in total. The Morgan fingerprint density at radius 3 is 2.83 bits per heavy atom. The number of anilines is 1. The number of para-hydroxylation sites is 1. The Balaban J connectivity index is 1.29. The number of rotatable bonds is 3. The SMILES string of the molecule is O=C(CN1CCC[C@H]2NC(=O)COc3ccccc3C/C=C/C[C@H]21)Nc1cccc2c1CCCC2. The van der Waals surface area contributed by atoms with Gasteiger partial charge in [-0.15, -0.1) is 0 Å². The van der Waals surface area contributed by atoms with Crippen LogP contribution < -0.4 is 15.4 Å². The number of nitrogens with zero attached hydrogens (tertiary/aromatic N) is 1. The van der Waals surface area contributed by atoms with E-state index in [1.807, 2.05) is 36.4 Å². The predicted molar refractivity (Wildman–Crippen MR) is 138 cm³/mol. The minimum absolute atomic E-state index is 0.00328. The van der Waals surface area contributed by atoms with Crippen molar-refractivity contribution in [3.8, 4) is 5.75 Å². The molecule has 1 fully saturated rings. The van der Waals surface area contributed by atoms with Crippen molar-refractivity contribution in [2.75, 3.05) is 25.0 Å². The van der Waals surface area contributed by atoms with Gasteiger partial charge in [0.25, 0.3) is 5.91 Å². The van der Waals surface area contributed by atoms with E-state index in [4.69, 9.17) is 4.74 Å². The molecule has 184 valence electrons. The Hall–Kier alpha value is -3.12. The van der Waals surface area contributed by atoms with Gasteiger partial charge in [0.1, 0.15) is 5.75 Å². The highest BCUT2D eigenvalue weighted by molar-refractivity contribution is 5.93. The molecule has 0 saturated carbocycles. The summed E-state index contributed by atoms with van der Waals surface area (Å²) < 4.78 is 5.83. The molecule has 2 aromatic rings. The van der Waals surface area contributed by atoms with Crippen molar-refractivity contribution < 1.29 is 14.3 Å². The number of fused-ring (bicyclic) bond motifs is 3. The van der Waals surface area contributed by atoms with Crippen LogP contribution >= 0.6 is 0 Å². The van der Waals surface area contributed by atoms with Crippen molar-refractivity contribution in [1.82, 2.24) is 10.2 Å². The van der Waals surface area contributed by atoms with Gasteiger partial charge < -0.3 is 15.4 Å². The van der Waals surface area contributed by atoms with Gasteiger partial charge in [0.15, 0.2) is 6.61 Å². The second-order valence-corrected chi connectivity index (χ2v) is 9.86. The maximum atomic E-state index is 13.1. The molecule has 2 atom stereocenters. The number of allylic oxidation sites excluding steroid dienone is 1. The molecule has 2 aliphatic heterocycles. The Bertz CT molecular complexity index is 1100. The van der Waals surface area contributed by atoms with Crippen LogP contribution in [0.15, 0.2) is 54.6 Å². The highest BCUT2D eigenvalue weighted by Crippen LogP contribution is 2.28. The number of benzene rings is 2. The molecule has 0 bridgehead atoms. The molecule has 2 aromatic carbocycles. The van der Waals surface area contributed by atoms with E-state index >= 15 is 0 Å². The quantitative estimate of drug-likeness (QED) is 0.661. The monoisotopic (exact) mass is 473 g/mol. The van der Waals surface area contributed by atoms with Crippen molar-refractivity contribution in [2.45, 2.75) is 63.5 Å². The van der Waals surface area contributed by atoms with Crippen LogP contribution in [-0.4, -0.2) is 48.5 Å². The van der Waals surface area contributed by atoms with E-state index in [-0.39, 0.29) is 30.5 Å². The number of piperidine rings is 1. The van der Waals surface area contributed by atoms with E-state index in [9.17, 15) is 9.59 Å². The van der Waals surface area contributed by atoms with E-state index < -0.39 is 0 Å². The Kier molecular flexibility index (Phi) is 7.48. The van der Waals surface area contributed by atoms with Crippen LogP contribution in [0.4, 0.5) is 5.69 Å². The lowest BCUT2D eigenvalue weighted by Crippen LogP contribution is -2.57. The maximum absolute atomic E-state index is 13.1. The third-order valence-corrected chi connectivity index (χ3v) is 7.47. The third kappa shape index (κ3) is 5.76. The molecular weight excluding hydrogens is 438 g/mol. The lowest BCUT2D eigenvalue weighted by atomic mass is 9.90. The fourth-order valence-electron chi connectivity index (χ4n) is 5.73. The summed E-state index contributed by atoms with van der Waals surface area (Å²) in [5.41, 5.74) is 4.69. The normalized spacial score (nSPS) is 23.7. The van der Waals surface area contributed by atoms with Crippen molar-refractivity contribution in [1.29, 1.82) is 0 Å². The molecule has 1 aliphatic carbocycles. The van der Waals surface area contributed by atoms with Crippen LogP contribution in [0, 0.1) is 0 Å². The molecule has 6 heteroatoms. The first-order valence-corrected chi connectivity index (χ1v) is 13.0. The lowest BCUT2D eigenvalue weighted by molar-refractivity contribution is -0.124. The van der Waals surface area contributed by atoms with Crippen LogP contribution in [0.2, 0.25) is 0 Å². The summed E-state index contributed by atoms with van der Waals surface area (Å²) >= 11 is 0. The number of aryl methyl sites for hydroxylation is 1. The van der Waals surface area contributed by atoms with Gasteiger partial charge in [0.05, 0.1) is 6.54 Å². The first-order valence-electron chi connectivity index (χ1n) is 13.0. The average Bonchev–Trinajstić information content (AvgIpc) is 2.86. The second-order valence-electron chi connectivity index (χ2n) is 9.86. The van der Waals surface area contributed by atoms with Crippen LogP contribution in [0.1, 0.15) is 48.8 Å². The Morgan fingerprint density at radius 1 is 1.03 bits per heavy atom. The number of hydrogen-bond donors (Lipinski definition) is 2. The maximum Gasteiger partial charge on any atom is 0.258 e. The molecule has 5 rings (SSSR count). The number of carbonyl (C=O) groups excluding carboxylic acids is 2. The summed E-state index contributed by atoms with van der Waals surface area (Å²) in [5, 5.41) is 6.39. The summed E-state index contributed by atoms with van der Waals surface area (Å²) in [6.45, 7) is 1.18. The van der Waals surface area contributed by atoms with Crippen LogP contribution in [-0.2, 0) is 28.9 Å². The summed E-state index contributed by atoms with van der Waals surface area (Å²) in [5.74, 6) is 0.666. The van der Waals surface area contributed by atoms with Gasteiger partial charge in [-0.3, -0.25) is 14.5 Å². The topological polar surface area (TPSA) is 70.7 Å². The van der Waals surface area contributed by atoms with Gasteiger partial charge in [-0.05, 0) is 86.7 Å². The average molecular weight is 474 g/mol. The molecule has 0 radical (unpaired) electrons. The number of amides is 2. The van der Waals surface area contributed by atoms with Crippen LogP contribution in [0.5, 0.6) is 5.75 Å². The highest BCUT2D eigenvalue weighted by atomic mass is 16.5. The zero-order valence-electron chi connectivity index (χ0n) is 20.3. The van der Waals surface area contributed by atoms with Crippen LogP contribution in [0.25, 0.3) is 0 Å². The smallest absolute Gasteiger partial charge is 0.258 e. The highest BCUT2D eigenvalue weighted by Gasteiger charge is 2.33. The third-order valence-electron chi connectivity index (χ3n) is 7.47. The molecule has 2 amide bonds. The van der Waals surface area contributed by atoms with Crippen molar-refractivity contribution in [3.05, 3.63) is 71.3 Å². The molecule has 2 heterocycles. The number of nitrogens with one attached hydrogen (secondary N) is 2. The number of likely N-dealkylation sites (tertiary alicyclic amines) is 1. The van der Waals surface area contributed by atoms with E-state index in [0.717, 1.165) is 62.1 Å². The van der Waals surface area contributed by atoms with E-state index in [1.165, 1.54) is 24.0 Å². The predicted octanol–water partition coefficient (Wildman–Crippen LogP) is 4.03. The van der Waals surface area contributed by atoms with Crippen molar-refractivity contribution in [2.24, 2.45) is 0 Å². The molecular formula is C29H35N3O3. The molecule has 0 spiro atoms. The molecule has 35 heavy (non-hydrogen) atoms. The van der Waals surface area contributed by atoms with Gasteiger partial charge in [0.2, 0.25) is 5.91 Å². The van der Waals surface area contributed by atoms with Gasteiger partial charge in [-0.2, -0.15) is 0 Å². The molecule has 1 saturated heterocycles. The van der Waals surface area contributed by atoms with Gasteiger partial charge in [-0.1, -0.05) is 42.5 Å². The van der Waals surface area contributed by atoms with Crippen molar-refractivity contribution >= 4 is 17.5 Å². The summed E-state index contributed by atoms with van der Waals surface area (Å²) in [6.07, 6.45) is 12.3. The van der Waals surface area contributed by atoms with Gasteiger partial charge >= 0.3 is 0 Å². The summed E-state index contributed by atoms with van der Waals surface area (Å²) in [4.78, 5) is 28.1. The standard InChI is InChI=1S/C29H35N3O3/c33-28(30-24-14-7-12-21-9-1-4-13-23(21)24)19-32-18-8-15-25-26(32)16-5-2-10-22-11-3-6-17-27(22)35-20-29(34)31-25/h2-3,5-7,11-12,14,17,25-26H,1,4,8-10,13,15-16,18-20H2,(H,30,33)(H,31,34)/b5-2+/t25-,26-/m1/s1. The minimum atomic E-state index is -0.110. The fourth-order valence-corrected chi connectivity index (χ4v) is 5.73. The van der Waals surface area contributed by atoms with Gasteiger partial charge in [-0.25, -0.2) is 0 Å². The number of hydrogen-bond acceptors (Lipinski definition) is 4. The second kappa shape index (κ2) is 11.1. The zero-order valence-corrected chi connectivity index (χ0v) is 20.3. The fraction of sp³-hybridized carbons (Fsp3) is 0.448. The molecule has 0 unspecified atom stereocenters. The Morgan fingerprint density at radius 2 is 1.89 bits per heavy atom. The molecule has 0 aromatic heterocycles. The van der Waals surface area contributed by atoms with E-state index in [1.54, 1.807) is 0 Å². The van der Waals surface area contributed by atoms with E-state index in [2.05, 4.69) is 33.8 Å². The van der Waals surface area contributed by atoms with Crippen LogP contribution in [0.3, 0.4) is 0 Å². The molecule has 6 nitrogen and oxygen atoms in total. The summed E-state index contributed by atoms with van der Waals surface area (Å²) in [7, 11) is 0. The Labute approximate surface area is 207 Å². The number of carbonyl (C=O) groups is 2. The zero-order chi connectivity index (χ0) is 24.0. The number of ether oxygens (including phenoxy) is 1. The molecule has 3 aliphatic rings. The largest absolute Gasteiger partial charge is 0.483 e. The minimum Gasteiger partial charge on any atom is -0.483 e. The summed E-state index contributed by atoms with van der Waals surface area (Å²) in [6, 6.07) is 14.2. The van der Waals surface area contributed by atoms with Crippen molar-refractivity contribution in [3.63, 3.8) is 0 Å². The van der Waals surface area contributed by atoms with E-state index in [0.29, 0.717) is 6.54 Å². The first kappa shape index (κ1) is 23.6. The van der Waals surface area contributed by atoms with Gasteiger partial charge in [0, 0.05) is 17.8 Å². The lowest BCUT2D eigenvalue weighted by Gasteiger charge is -2.41.